The Morgan fingerprint density at radius 3 is 2.36 bits per heavy atom. The molecule has 1 saturated heterocycles. The summed E-state index contributed by atoms with van der Waals surface area (Å²) in [7, 11) is 2.13. The van der Waals surface area contributed by atoms with Gasteiger partial charge in [0.05, 0.1) is 23.0 Å². The number of nitrogens with one attached hydrogen (secondary N) is 1. The first kappa shape index (κ1) is 22.1. The summed E-state index contributed by atoms with van der Waals surface area (Å²) < 4.78 is 0. The van der Waals surface area contributed by atoms with E-state index in [0.717, 1.165) is 53.9 Å². The lowest BCUT2D eigenvalue weighted by Gasteiger charge is -2.33. The van der Waals surface area contributed by atoms with Gasteiger partial charge in [0, 0.05) is 44.1 Å². The molecule has 2 aromatic heterocycles. The number of pyridine rings is 1. The molecule has 1 amide bonds. The van der Waals surface area contributed by atoms with Crippen molar-refractivity contribution in [2.24, 2.45) is 0 Å². The average molecular weight is 475 g/mol. The van der Waals surface area contributed by atoms with E-state index in [2.05, 4.69) is 61.4 Å². The first-order valence-corrected chi connectivity index (χ1v) is 12.1. The third kappa shape index (κ3) is 4.14. The fourth-order valence-electron chi connectivity index (χ4n) is 4.80. The Kier molecular flexibility index (Phi) is 5.75. The highest BCUT2D eigenvalue weighted by Gasteiger charge is 2.18. The summed E-state index contributed by atoms with van der Waals surface area (Å²) in [5.74, 6) is 0.691. The van der Waals surface area contributed by atoms with Crippen molar-refractivity contribution in [2.75, 3.05) is 43.4 Å². The molecule has 5 aromatic rings. The molecule has 0 atom stereocenters. The Balaban J connectivity index is 1.30. The summed E-state index contributed by atoms with van der Waals surface area (Å²) in [5.41, 5.74) is 4.41. The Hall–Kier alpha value is -4.36. The predicted octanol–water partition coefficient (Wildman–Crippen LogP) is 4.85. The molecule has 3 aromatic carbocycles. The predicted molar refractivity (Wildman–Crippen MR) is 144 cm³/mol. The van der Waals surface area contributed by atoms with Crippen LogP contribution >= 0.6 is 0 Å². The van der Waals surface area contributed by atoms with Gasteiger partial charge in [0.2, 0.25) is 0 Å². The number of piperazine rings is 1. The largest absolute Gasteiger partial charge is 0.354 e. The lowest BCUT2D eigenvalue weighted by atomic mass is 9.95. The van der Waals surface area contributed by atoms with Crippen molar-refractivity contribution in [1.82, 2.24) is 19.9 Å². The van der Waals surface area contributed by atoms with Crippen LogP contribution in [0.5, 0.6) is 0 Å². The highest BCUT2D eigenvalue weighted by Crippen LogP contribution is 2.33. The number of hydrogen-bond acceptors (Lipinski definition) is 6. The molecule has 0 spiro atoms. The molecule has 1 aliphatic heterocycles. The van der Waals surface area contributed by atoms with E-state index in [0.29, 0.717) is 22.3 Å². The van der Waals surface area contributed by atoms with E-state index >= 15 is 0 Å². The lowest BCUT2D eigenvalue weighted by Crippen LogP contribution is -2.44. The second-order valence-corrected chi connectivity index (χ2v) is 9.09. The van der Waals surface area contributed by atoms with Gasteiger partial charge in [-0.15, -0.1) is 0 Å². The molecule has 1 N–H and O–H groups in total. The molecule has 0 unspecified atom stereocenters. The standard InChI is InChI=1S/C29H26N6O/c1-34-15-17-35(18-16-34)26-12-9-21(19-32-26)33-29(36)25-11-10-24(27-28(25)31-14-13-30-27)23-8-4-6-20-5-2-3-7-22(20)23/h2-14,19H,15-18H2,1H3,(H,33,36). The SMILES string of the molecule is CN1CCN(c2ccc(NC(=O)c3ccc(-c4cccc5ccccc45)c4nccnc34)cn2)CC1. The highest BCUT2D eigenvalue weighted by molar-refractivity contribution is 6.14. The van der Waals surface area contributed by atoms with Gasteiger partial charge in [-0.2, -0.15) is 0 Å². The van der Waals surface area contributed by atoms with Gasteiger partial charge in [0.1, 0.15) is 11.3 Å². The lowest BCUT2D eigenvalue weighted by molar-refractivity contribution is 0.102. The van der Waals surface area contributed by atoms with Crippen LogP contribution in [0.1, 0.15) is 10.4 Å². The second-order valence-electron chi connectivity index (χ2n) is 9.09. The number of benzene rings is 3. The van der Waals surface area contributed by atoms with Crippen LogP contribution in [-0.4, -0.2) is 59.0 Å². The molecule has 178 valence electrons. The van der Waals surface area contributed by atoms with E-state index < -0.39 is 0 Å². The number of carbonyl (C=O) groups excluding carboxylic acids is 1. The van der Waals surface area contributed by atoms with Crippen molar-refractivity contribution in [3.63, 3.8) is 0 Å². The van der Waals surface area contributed by atoms with E-state index in [-0.39, 0.29) is 5.91 Å². The molecule has 0 radical (unpaired) electrons. The quantitative estimate of drug-likeness (QED) is 0.401. The zero-order valence-electron chi connectivity index (χ0n) is 20.1. The Morgan fingerprint density at radius 2 is 1.56 bits per heavy atom. The third-order valence-corrected chi connectivity index (χ3v) is 6.78. The molecule has 7 nitrogen and oxygen atoms in total. The summed E-state index contributed by atoms with van der Waals surface area (Å²) in [5, 5.41) is 5.27. The van der Waals surface area contributed by atoms with Gasteiger partial charge in [0.25, 0.3) is 5.91 Å². The number of aromatic nitrogens is 3. The van der Waals surface area contributed by atoms with Crippen LogP contribution < -0.4 is 10.2 Å². The highest BCUT2D eigenvalue weighted by atomic mass is 16.1. The van der Waals surface area contributed by atoms with Crippen molar-refractivity contribution < 1.29 is 4.79 Å². The molecule has 6 rings (SSSR count). The summed E-state index contributed by atoms with van der Waals surface area (Å²) in [4.78, 5) is 31.6. The van der Waals surface area contributed by atoms with Crippen molar-refractivity contribution in [1.29, 1.82) is 0 Å². The fraction of sp³-hybridized carbons (Fsp3) is 0.172. The van der Waals surface area contributed by atoms with Gasteiger partial charge in [0.15, 0.2) is 0 Å². The van der Waals surface area contributed by atoms with Crippen LogP contribution in [0.25, 0.3) is 32.9 Å². The summed E-state index contributed by atoms with van der Waals surface area (Å²) in [6, 6.07) is 22.1. The normalized spacial score (nSPS) is 14.3. The van der Waals surface area contributed by atoms with Crippen molar-refractivity contribution in [2.45, 2.75) is 0 Å². The molecule has 36 heavy (non-hydrogen) atoms. The first-order valence-electron chi connectivity index (χ1n) is 12.1. The number of rotatable bonds is 4. The molecule has 0 bridgehead atoms. The van der Waals surface area contributed by atoms with Gasteiger partial charge in [-0.25, -0.2) is 4.98 Å². The fourth-order valence-corrected chi connectivity index (χ4v) is 4.80. The number of anilines is 2. The topological polar surface area (TPSA) is 74.2 Å². The van der Waals surface area contributed by atoms with Gasteiger partial charge >= 0.3 is 0 Å². The minimum Gasteiger partial charge on any atom is -0.354 e. The van der Waals surface area contributed by atoms with Gasteiger partial charge in [-0.1, -0.05) is 48.5 Å². The zero-order valence-corrected chi connectivity index (χ0v) is 20.1. The molecular formula is C29H26N6O. The number of likely N-dealkylation sites (N-methyl/N-ethyl adjacent to an activating group) is 1. The Bertz CT molecular complexity index is 1550. The number of carbonyl (C=O) groups is 1. The molecule has 1 fully saturated rings. The van der Waals surface area contributed by atoms with Crippen LogP contribution in [-0.2, 0) is 0 Å². The van der Waals surface area contributed by atoms with E-state index in [1.165, 1.54) is 0 Å². The van der Waals surface area contributed by atoms with Gasteiger partial charge in [-0.3, -0.25) is 14.8 Å². The monoisotopic (exact) mass is 474 g/mol. The Morgan fingerprint density at radius 1 is 0.778 bits per heavy atom. The van der Waals surface area contributed by atoms with Crippen LogP contribution in [0.15, 0.2) is 85.3 Å². The van der Waals surface area contributed by atoms with Crippen molar-refractivity contribution >= 4 is 39.2 Å². The van der Waals surface area contributed by atoms with Gasteiger partial charge < -0.3 is 15.1 Å². The maximum atomic E-state index is 13.3. The number of amides is 1. The van der Waals surface area contributed by atoms with Crippen LogP contribution in [0.2, 0.25) is 0 Å². The molecule has 7 heteroatoms. The molecule has 0 saturated carbocycles. The second kappa shape index (κ2) is 9.36. The first-order chi connectivity index (χ1) is 17.7. The van der Waals surface area contributed by atoms with Crippen LogP contribution in [0, 0.1) is 0 Å². The van der Waals surface area contributed by atoms with Crippen molar-refractivity contribution in [3.8, 4) is 11.1 Å². The number of hydrogen-bond donors (Lipinski definition) is 1. The number of nitrogens with zero attached hydrogens (tertiary/aromatic N) is 5. The van der Waals surface area contributed by atoms with Crippen LogP contribution in [0.3, 0.4) is 0 Å². The van der Waals surface area contributed by atoms with E-state index in [4.69, 9.17) is 0 Å². The average Bonchev–Trinajstić information content (AvgIpc) is 2.93. The maximum absolute atomic E-state index is 13.3. The molecule has 3 heterocycles. The summed E-state index contributed by atoms with van der Waals surface area (Å²) >= 11 is 0. The van der Waals surface area contributed by atoms with E-state index in [1.807, 2.05) is 42.5 Å². The minimum absolute atomic E-state index is 0.237. The van der Waals surface area contributed by atoms with E-state index in [9.17, 15) is 4.79 Å². The number of fused-ring (bicyclic) bond motifs is 2. The maximum Gasteiger partial charge on any atom is 0.257 e. The zero-order chi connectivity index (χ0) is 24.5. The Labute approximate surface area is 209 Å². The molecule has 1 aliphatic rings. The molecule has 0 aliphatic carbocycles. The smallest absolute Gasteiger partial charge is 0.257 e. The van der Waals surface area contributed by atoms with Crippen molar-refractivity contribution in [3.05, 3.63) is 90.9 Å². The third-order valence-electron chi connectivity index (χ3n) is 6.78. The minimum atomic E-state index is -0.237. The molecular weight excluding hydrogens is 448 g/mol. The summed E-state index contributed by atoms with van der Waals surface area (Å²) in [6.45, 7) is 3.93. The van der Waals surface area contributed by atoms with E-state index in [1.54, 1.807) is 18.6 Å². The van der Waals surface area contributed by atoms with Crippen LogP contribution in [0.4, 0.5) is 11.5 Å². The van der Waals surface area contributed by atoms with Gasteiger partial charge in [-0.05, 0) is 41.6 Å². The summed E-state index contributed by atoms with van der Waals surface area (Å²) in [6.07, 6.45) is 5.00.